The van der Waals surface area contributed by atoms with Gasteiger partial charge in [-0.05, 0) is 16.8 Å². The van der Waals surface area contributed by atoms with Crippen molar-refractivity contribution in [2.75, 3.05) is 6.98 Å². The quantitative estimate of drug-likeness (QED) is 0.730. The van der Waals surface area contributed by atoms with Gasteiger partial charge in [-0.25, -0.2) is 0 Å². The van der Waals surface area contributed by atoms with E-state index in [4.69, 9.17) is 4.11 Å². The van der Waals surface area contributed by atoms with Crippen molar-refractivity contribution in [2.24, 2.45) is 0 Å². The van der Waals surface area contributed by atoms with E-state index >= 15 is 0 Å². The summed E-state index contributed by atoms with van der Waals surface area (Å²) >= 11 is 0. The van der Waals surface area contributed by atoms with Crippen LogP contribution in [-0.2, 0) is 0 Å². The van der Waals surface area contributed by atoms with E-state index in [1.165, 1.54) is 0 Å². The summed E-state index contributed by atoms with van der Waals surface area (Å²) < 4.78 is 21.1. The zero-order chi connectivity index (χ0) is 12.5. The largest absolute Gasteiger partial charge is 0.355 e. The van der Waals surface area contributed by atoms with Crippen LogP contribution in [-0.4, -0.2) is 12.9 Å². The highest BCUT2D eigenvalue weighted by atomic mass is 16.1. The lowest BCUT2D eigenvalue weighted by Crippen LogP contribution is -2.17. The molecule has 0 aliphatic heterocycles. The van der Waals surface area contributed by atoms with Crippen LogP contribution >= 0.6 is 0 Å². The van der Waals surface area contributed by atoms with Crippen molar-refractivity contribution >= 4 is 16.7 Å². The maximum atomic E-state index is 11.8. The fourth-order valence-corrected chi connectivity index (χ4v) is 1.49. The van der Waals surface area contributed by atoms with Crippen molar-refractivity contribution in [1.82, 2.24) is 5.32 Å². The van der Waals surface area contributed by atoms with Crippen LogP contribution in [0.3, 0.4) is 0 Å². The Morgan fingerprint density at radius 3 is 2.86 bits per heavy atom. The minimum atomic E-state index is -2.46. The van der Waals surface area contributed by atoms with Gasteiger partial charge in [0.1, 0.15) is 0 Å². The molecule has 14 heavy (non-hydrogen) atoms. The summed E-state index contributed by atoms with van der Waals surface area (Å²) in [7, 11) is 0. The van der Waals surface area contributed by atoms with E-state index in [0.29, 0.717) is 5.56 Å². The minimum absolute atomic E-state index is 0.374. The van der Waals surface area contributed by atoms with Crippen LogP contribution in [0.5, 0.6) is 0 Å². The molecule has 0 aliphatic carbocycles. The van der Waals surface area contributed by atoms with E-state index in [-0.39, 0.29) is 0 Å². The van der Waals surface area contributed by atoms with Gasteiger partial charge in [0.25, 0.3) is 5.91 Å². The Morgan fingerprint density at radius 2 is 2.00 bits per heavy atom. The molecule has 2 heteroatoms. The summed E-state index contributed by atoms with van der Waals surface area (Å²) in [5.41, 5.74) is 0.374. The Morgan fingerprint density at radius 1 is 1.21 bits per heavy atom. The lowest BCUT2D eigenvalue weighted by atomic mass is 10.0. The number of rotatable bonds is 1. The highest BCUT2D eigenvalue weighted by Gasteiger charge is 2.06. The molecule has 2 aromatic rings. The SMILES string of the molecule is [2H]C([2H])([2H])NC(=O)c1cccc2ccccc12. The van der Waals surface area contributed by atoms with E-state index in [9.17, 15) is 4.79 Å². The summed E-state index contributed by atoms with van der Waals surface area (Å²) in [5.74, 6) is -0.582. The van der Waals surface area contributed by atoms with Gasteiger partial charge < -0.3 is 5.32 Å². The van der Waals surface area contributed by atoms with E-state index in [2.05, 4.69) is 0 Å². The number of fused-ring (bicyclic) bond motifs is 1. The first-order valence-electron chi connectivity index (χ1n) is 5.78. The molecule has 2 nitrogen and oxygen atoms in total. The zero-order valence-electron chi connectivity index (χ0n) is 10.4. The van der Waals surface area contributed by atoms with E-state index < -0.39 is 12.9 Å². The van der Waals surface area contributed by atoms with Crippen molar-refractivity contribution in [1.29, 1.82) is 0 Å². The first-order chi connectivity index (χ1) is 7.97. The summed E-state index contributed by atoms with van der Waals surface area (Å²) in [6.45, 7) is -2.46. The van der Waals surface area contributed by atoms with Gasteiger partial charge in [-0.15, -0.1) is 0 Å². The average molecular weight is 188 g/mol. The highest BCUT2D eigenvalue weighted by molar-refractivity contribution is 6.06. The number of nitrogens with one attached hydrogen (secondary N) is 1. The standard InChI is InChI=1S/C12H11NO/c1-13-12(14)11-8-4-6-9-5-2-3-7-10(9)11/h2-8H,1H3,(H,13,14)/i1D3. The highest BCUT2D eigenvalue weighted by Crippen LogP contribution is 2.17. The number of benzene rings is 2. The first kappa shape index (κ1) is 5.81. The van der Waals surface area contributed by atoms with Crippen LogP contribution < -0.4 is 5.32 Å². The summed E-state index contributed by atoms with van der Waals surface area (Å²) in [4.78, 5) is 11.8. The number of carbonyl (C=O) groups excluding carboxylic acids is 1. The summed E-state index contributed by atoms with van der Waals surface area (Å²) in [6.07, 6.45) is 0. The third-order valence-electron chi connectivity index (χ3n) is 2.15. The van der Waals surface area contributed by atoms with Crippen molar-refractivity contribution in [3.8, 4) is 0 Å². The van der Waals surface area contributed by atoms with Crippen LogP contribution in [0.25, 0.3) is 10.8 Å². The Bertz CT molecular complexity index is 558. The van der Waals surface area contributed by atoms with Gasteiger partial charge in [0.15, 0.2) is 0 Å². The number of carbonyl (C=O) groups is 1. The zero-order valence-corrected chi connectivity index (χ0v) is 7.45. The van der Waals surface area contributed by atoms with Crippen molar-refractivity contribution in [2.45, 2.75) is 0 Å². The van der Waals surface area contributed by atoms with Crippen molar-refractivity contribution < 1.29 is 8.91 Å². The molecule has 1 amide bonds. The summed E-state index contributed by atoms with van der Waals surface area (Å²) in [5, 5.41) is 3.64. The molecule has 0 atom stereocenters. The maximum absolute atomic E-state index is 11.8. The minimum Gasteiger partial charge on any atom is -0.355 e. The van der Waals surface area contributed by atoms with Gasteiger partial charge in [0.2, 0.25) is 0 Å². The van der Waals surface area contributed by atoms with E-state index in [1.54, 1.807) is 18.2 Å². The number of amides is 1. The molecule has 0 aliphatic rings. The lowest BCUT2D eigenvalue weighted by Gasteiger charge is -2.04. The van der Waals surface area contributed by atoms with Crippen LogP contribution in [0, 0.1) is 0 Å². The third-order valence-corrected chi connectivity index (χ3v) is 2.15. The number of hydrogen-bond acceptors (Lipinski definition) is 1. The normalized spacial score (nSPS) is 14.1. The second-order valence-corrected chi connectivity index (χ2v) is 2.98. The molecular formula is C12H11NO. The van der Waals surface area contributed by atoms with E-state index in [0.717, 1.165) is 10.8 Å². The summed E-state index contributed by atoms with van der Waals surface area (Å²) in [6, 6.07) is 12.6. The molecule has 0 unspecified atom stereocenters. The predicted molar refractivity (Wildman–Crippen MR) is 57.3 cm³/mol. The Kier molecular flexibility index (Phi) is 1.45. The topological polar surface area (TPSA) is 29.1 Å². The Labute approximate surface area is 86.8 Å². The Hall–Kier alpha value is -1.83. The van der Waals surface area contributed by atoms with Gasteiger partial charge in [0, 0.05) is 16.7 Å². The second kappa shape index (κ2) is 3.50. The van der Waals surface area contributed by atoms with Crippen LogP contribution in [0.15, 0.2) is 42.5 Å². The molecular weight excluding hydrogens is 174 g/mol. The van der Waals surface area contributed by atoms with Gasteiger partial charge in [-0.1, -0.05) is 36.4 Å². The van der Waals surface area contributed by atoms with Crippen LogP contribution in [0.2, 0.25) is 0 Å². The molecule has 0 spiro atoms. The molecule has 0 radical (unpaired) electrons. The van der Waals surface area contributed by atoms with Gasteiger partial charge in [0.05, 0.1) is 0 Å². The van der Waals surface area contributed by atoms with Crippen LogP contribution in [0.4, 0.5) is 0 Å². The molecule has 0 bridgehead atoms. The van der Waals surface area contributed by atoms with Gasteiger partial charge >= 0.3 is 0 Å². The lowest BCUT2D eigenvalue weighted by molar-refractivity contribution is 0.0965. The third kappa shape index (κ3) is 1.35. The fraction of sp³-hybridized carbons (Fsp3) is 0.0833. The predicted octanol–water partition coefficient (Wildman–Crippen LogP) is 2.20. The second-order valence-electron chi connectivity index (χ2n) is 2.98. The molecule has 0 saturated heterocycles. The molecule has 0 saturated carbocycles. The number of hydrogen-bond donors (Lipinski definition) is 1. The van der Waals surface area contributed by atoms with Gasteiger partial charge in [-0.2, -0.15) is 0 Å². The average Bonchev–Trinajstić information content (AvgIpc) is 2.26. The fourth-order valence-electron chi connectivity index (χ4n) is 1.49. The molecule has 0 heterocycles. The van der Waals surface area contributed by atoms with E-state index in [1.807, 2.05) is 29.6 Å². The van der Waals surface area contributed by atoms with Crippen LogP contribution in [0.1, 0.15) is 14.5 Å². The monoisotopic (exact) mass is 188 g/mol. The maximum Gasteiger partial charge on any atom is 0.251 e. The molecule has 0 aromatic heterocycles. The van der Waals surface area contributed by atoms with Crippen molar-refractivity contribution in [3.63, 3.8) is 0 Å². The first-order valence-corrected chi connectivity index (χ1v) is 4.28. The smallest absolute Gasteiger partial charge is 0.251 e. The molecule has 0 fully saturated rings. The van der Waals surface area contributed by atoms with Crippen molar-refractivity contribution in [3.05, 3.63) is 48.0 Å². The molecule has 2 rings (SSSR count). The Balaban J connectivity index is 2.45. The molecule has 70 valence electrons. The molecule has 1 N–H and O–H groups in total. The van der Waals surface area contributed by atoms with Gasteiger partial charge in [-0.3, -0.25) is 4.79 Å². The molecule has 2 aromatic carbocycles.